The molecule has 0 fully saturated rings. The minimum atomic E-state index is -1.06. The molecule has 0 aliphatic carbocycles. The second-order valence-electron chi connectivity index (χ2n) is 4.91. The third-order valence-electron chi connectivity index (χ3n) is 2.87. The van der Waals surface area contributed by atoms with Crippen LogP contribution in [0.2, 0.25) is 5.02 Å². The van der Waals surface area contributed by atoms with Gasteiger partial charge in [0.15, 0.2) is 0 Å². The number of pyridine rings is 1. The molecule has 0 radical (unpaired) electrons. The van der Waals surface area contributed by atoms with E-state index in [1.54, 1.807) is 13.0 Å². The van der Waals surface area contributed by atoms with Gasteiger partial charge in [-0.1, -0.05) is 32.4 Å². The molecule has 0 aromatic carbocycles. The van der Waals surface area contributed by atoms with Crippen molar-refractivity contribution in [2.75, 3.05) is 5.73 Å². The van der Waals surface area contributed by atoms with Crippen molar-refractivity contribution in [1.82, 2.24) is 4.98 Å². The fourth-order valence-corrected chi connectivity index (χ4v) is 1.40. The molecule has 0 amide bonds. The van der Waals surface area contributed by atoms with Gasteiger partial charge in [-0.15, -0.1) is 0 Å². The molecule has 1 aromatic heterocycles. The van der Waals surface area contributed by atoms with Crippen molar-refractivity contribution in [3.8, 4) is 0 Å². The molecule has 0 aliphatic heterocycles. The van der Waals surface area contributed by atoms with Crippen molar-refractivity contribution in [3.63, 3.8) is 0 Å². The fourth-order valence-electron chi connectivity index (χ4n) is 1.24. The van der Waals surface area contributed by atoms with E-state index in [0.717, 1.165) is 0 Å². The highest BCUT2D eigenvalue weighted by molar-refractivity contribution is 6.30. The van der Waals surface area contributed by atoms with Crippen LogP contribution in [0.5, 0.6) is 0 Å². The number of nitrogens with zero attached hydrogens (tertiary/aromatic N) is 1. The Kier molecular flexibility index (Phi) is 2.99. The molecule has 0 spiro atoms. The molecule has 1 atom stereocenters. The summed E-state index contributed by atoms with van der Waals surface area (Å²) in [6.07, 6.45) is 1.47. The average molecular weight is 229 g/mol. The van der Waals surface area contributed by atoms with Gasteiger partial charge >= 0.3 is 0 Å². The molecule has 3 nitrogen and oxygen atoms in total. The van der Waals surface area contributed by atoms with Crippen LogP contribution in [0.3, 0.4) is 0 Å². The van der Waals surface area contributed by atoms with Gasteiger partial charge in [0.25, 0.3) is 0 Å². The SMILES string of the molecule is CC(C)(C)C(C)(O)c1cc(Cl)cnc1N. The van der Waals surface area contributed by atoms with Crippen LogP contribution >= 0.6 is 11.6 Å². The zero-order chi connectivity index (χ0) is 11.9. The van der Waals surface area contributed by atoms with Gasteiger partial charge in [-0.05, 0) is 18.4 Å². The molecule has 0 aliphatic rings. The molecule has 1 aromatic rings. The molecule has 0 bridgehead atoms. The summed E-state index contributed by atoms with van der Waals surface area (Å²) in [5.41, 5.74) is 4.91. The Labute approximate surface area is 95.3 Å². The average Bonchev–Trinajstić information content (AvgIpc) is 2.07. The fraction of sp³-hybridized carbons (Fsp3) is 0.545. The first-order chi connectivity index (χ1) is 6.66. The number of aliphatic hydroxyl groups is 1. The largest absolute Gasteiger partial charge is 0.385 e. The Hall–Kier alpha value is -0.800. The Balaban J connectivity index is 3.32. The van der Waals surface area contributed by atoms with Crippen molar-refractivity contribution in [2.24, 2.45) is 5.41 Å². The van der Waals surface area contributed by atoms with Gasteiger partial charge < -0.3 is 10.8 Å². The second kappa shape index (κ2) is 3.65. The summed E-state index contributed by atoms with van der Waals surface area (Å²) in [6.45, 7) is 7.53. The molecule has 1 heterocycles. The maximum atomic E-state index is 10.4. The summed E-state index contributed by atoms with van der Waals surface area (Å²) in [5, 5.41) is 10.9. The molecule has 15 heavy (non-hydrogen) atoms. The monoisotopic (exact) mass is 228 g/mol. The highest BCUT2D eigenvalue weighted by atomic mass is 35.5. The summed E-state index contributed by atoms with van der Waals surface area (Å²) in [4.78, 5) is 3.94. The van der Waals surface area contributed by atoms with E-state index < -0.39 is 5.60 Å². The lowest BCUT2D eigenvalue weighted by atomic mass is 9.73. The minimum absolute atomic E-state index is 0.319. The number of rotatable bonds is 1. The normalized spacial score (nSPS) is 16.1. The molecule has 0 saturated carbocycles. The van der Waals surface area contributed by atoms with Crippen molar-refractivity contribution in [1.29, 1.82) is 0 Å². The van der Waals surface area contributed by atoms with Crippen LogP contribution in [-0.4, -0.2) is 10.1 Å². The summed E-state index contributed by atoms with van der Waals surface area (Å²) in [5.74, 6) is 0.319. The molecule has 84 valence electrons. The Bertz CT molecular complexity index is 369. The zero-order valence-corrected chi connectivity index (χ0v) is 10.3. The molecule has 3 N–H and O–H groups in total. The number of hydrogen-bond donors (Lipinski definition) is 2. The Morgan fingerprint density at radius 3 is 2.33 bits per heavy atom. The highest BCUT2D eigenvalue weighted by Crippen LogP contribution is 2.41. The van der Waals surface area contributed by atoms with Crippen molar-refractivity contribution >= 4 is 17.4 Å². The third-order valence-corrected chi connectivity index (χ3v) is 3.08. The number of hydrogen-bond acceptors (Lipinski definition) is 3. The van der Waals surface area contributed by atoms with Gasteiger partial charge in [-0.3, -0.25) is 0 Å². The Morgan fingerprint density at radius 1 is 1.33 bits per heavy atom. The first-order valence-corrected chi connectivity index (χ1v) is 5.18. The van der Waals surface area contributed by atoms with Gasteiger partial charge in [-0.2, -0.15) is 0 Å². The van der Waals surface area contributed by atoms with Gasteiger partial charge in [-0.25, -0.2) is 4.98 Å². The third kappa shape index (κ3) is 2.24. The topological polar surface area (TPSA) is 59.1 Å². The van der Waals surface area contributed by atoms with Gasteiger partial charge in [0.05, 0.1) is 10.6 Å². The molecular formula is C11H17ClN2O. The molecular weight excluding hydrogens is 212 g/mol. The summed E-state index contributed by atoms with van der Waals surface area (Å²) in [7, 11) is 0. The van der Waals surface area contributed by atoms with Crippen LogP contribution < -0.4 is 5.73 Å². The molecule has 1 rings (SSSR count). The first-order valence-electron chi connectivity index (χ1n) is 4.80. The predicted octanol–water partition coefficient (Wildman–Crippen LogP) is 2.57. The maximum Gasteiger partial charge on any atom is 0.129 e. The number of nitrogen functional groups attached to an aromatic ring is 1. The maximum absolute atomic E-state index is 10.4. The van der Waals surface area contributed by atoms with Crippen LogP contribution in [0.15, 0.2) is 12.3 Å². The second-order valence-corrected chi connectivity index (χ2v) is 5.34. The van der Waals surface area contributed by atoms with E-state index in [1.165, 1.54) is 6.20 Å². The van der Waals surface area contributed by atoms with Gasteiger partial charge in [0.1, 0.15) is 5.82 Å². The van der Waals surface area contributed by atoms with E-state index in [9.17, 15) is 5.11 Å². The van der Waals surface area contributed by atoms with Crippen molar-refractivity contribution in [2.45, 2.75) is 33.3 Å². The van der Waals surface area contributed by atoms with Crippen LogP contribution in [0.1, 0.15) is 33.3 Å². The van der Waals surface area contributed by atoms with E-state index in [4.69, 9.17) is 17.3 Å². The van der Waals surface area contributed by atoms with Crippen LogP contribution in [-0.2, 0) is 5.60 Å². The van der Waals surface area contributed by atoms with Crippen molar-refractivity contribution < 1.29 is 5.11 Å². The highest BCUT2D eigenvalue weighted by Gasteiger charge is 2.38. The molecule has 1 unspecified atom stereocenters. The molecule has 4 heteroatoms. The van der Waals surface area contributed by atoms with E-state index in [1.807, 2.05) is 20.8 Å². The van der Waals surface area contributed by atoms with E-state index in [0.29, 0.717) is 16.4 Å². The zero-order valence-electron chi connectivity index (χ0n) is 9.50. The summed E-state index contributed by atoms with van der Waals surface area (Å²) < 4.78 is 0. The smallest absolute Gasteiger partial charge is 0.129 e. The van der Waals surface area contributed by atoms with Gasteiger partial charge in [0, 0.05) is 11.8 Å². The van der Waals surface area contributed by atoms with Crippen LogP contribution in [0.25, 0.3) is 0 Å². The minimum Gasteiger partial charge on any atom is -0.385 e. The van der Waals surface area contributed by atoms with Crippen molar-refractivity contribution in [3.05, 3.63) is 22.8 Å². The molecule has 0 saturated heterocycles. The van der Waals surface area contributed by atoms with Crippen LogP contribution in [0.4, 0.5) is 5.82 Å². The number of nitrogens with two attached hydrogens (primary N) is 1. The number of anilines is 1. The summed E-state index contributed by atoms with van der Waals surface area (Å²) in [6, 6.07) is 1.66. The van der Waals surface area contributed by atoms with E-state index >= 15 is 0 Å². The van der Waals surface area contributed by atoms with E-state index in [2.05, 4.69) is 4.98 Å². The predicted molar refractivity (Wildman–Crippen MR) is 62.7 cm³/mol. The lowest BCUT2D eigenvalue weighted by Gasteiger charge is -2.37. The standard InChI is InChI=1S/C11H17ClN2O/c1-10(2,3)11(4,15)8-5-7(12)6-14-9(8)13/h5-6,15H,1-4H3,(H2,13,14). The Morgan fingerprint density at radius 2 is 1.87 bits per heavy atom. The van der Waals surface area contributed by atoms with Gasteiger partial charge in [0.2, 0.25) is 0 Å². The van der Waals surface area contributed by atoms with E-state index in [-0.39, 0.29) is 5.41 Å². The lowest BCUT2D eigenvalue weighted by molar-refractivity contribution is -0.0465. The number of halogens is 1. The summed E-state index contributed by atoms with van der Waals surface area (Å²) >= 11 is 5.84. The lowest BCUT2D eigenvalue weighted by Crippen LogP contribution is -2.37. The first kappa shape index (κ1) is 12.3. The number of aromatic nitrogens is 1. The van der Waals surface area contributed by atoms with Crippen LogP contribution in [0, 0.1) is 5.41 Å². The quantitative estimate of drug-likeness (QED) is 0.777.